The van der Waals surface area contributed by atoms with Crippen LogP contribution in [0.1, 0.15) is 6.92 Å². The number of thioether (sulfide) groups is 1. The minimum Gasteiger partial charge on any atom is -0.396 e. The van der Waals surface area contributed by atoms with Gasteiger partial charge in [0, 0.05) is 30.3 Å². The molecular weight excluding hydrogens is 274 g/mol. The molecule has 1 aliphatic rings. The van der Waals surface area contributed by atoms with Gasteiger partial charge in [-0.2, -0.15) is 11.8 Å². The maximum absolute atomic E-state index is 5.97. The van der Waals surface area contributed by atoms with Crippen LogP contribution in [-0.4, -0.2) is 29.1 Å². The molecule has 1 aromatic rings. The average Bonchev–Trinajstić information content (AvgIpc) is 2.20. The molecule has 3 nitrogen and oxygen atoms in total. The standard InChI is InChI=1S/C10H14BrN3S/c1-7-6-15-3-2-14(7)10-8(11)4-13-5-9(10)12/h4-5,7H,2-3,6,12H2,1H3. The van der Waals surface area contributed by atoms with Gasteiger partial charge in [0.25, 0.3) is 0 Å². The second kappa shape index (κ2) is 4.61. The van der Waals surface area contributed by atoms with Crippen molar-refractivity contribution < 1.29 is 0 Å². The molecule has 0 saturated carbocycles. The number of anilines is 2. The molecule has 0 aromatic carbocycles. The molecule has 0 spiro atoms. The molecule has 1 fully saturated rings. The Morgan fingerprint density at radius 1 is 1.60 bits per heavy atom. The highest BCUT2D eigenvalue weighted by molar-refractivity contribution is 9.10. The van der Waals surface area contributed by atoms with Gasteiger partial charge < -0.3 is 10.6 Å². The third-order valence-electron chi connectivity index (χ3n) is 2.56. The van der Waals surface area contributed by atoms with Gasteiger partial charge in [-0.05, 0) is 22.9 Å². The predicted octanol–water partition coefficient (Wildman–Crippen LogP) is 2.37. The lowest BCUT2D eigenvalue weighted by atomic mass is 10.2. The number of nitrogen functional groups attached to an aromatic ring is 1. The molecule has 0 aliphatic carbocycles. The molecule has 1 atom stereocenters. The second-order valence-corrected chi connectivity index (χ2v) is 5.68. The van der Waals surface area contributed by atoms with Gasteiger partial charge in [0.2, 0.25) is 0 Å². The fraction of sp³-hybridized carbons (Fsp3) is 0.500. The molecule has 2 heterocycles. The van der Waals surface area contributed by atoms with E-state index in [1.54, 1.807) is 12.4 Å². The van der Waals surface area contributed by atoms with Crippen molar-refractivity contribution in [1.82, 2.24) is 4.98 Å². The van der Waals surface area contributed by atoms with E-state index in [4.69, 9.17) is 5.73 Å². The van der Waals surface area contributed by atoms with Crippen LogP contribution < -0.4 is 10.6 Å². The number of rotatable bonds is 1. The number of halogens is 1. The van der Waals surface area contributed by atoms with E-state index in [2.05, 4.69) is 32.7 Å². The molecule has 15 heavy (non-hydrogen) atoms. The average molecular weight is 288 g/mol. The fourth-order valence-corrected chi connectivity index (χ4v) is 3.39. The fourth-order valence-electron chi connectivity index (χ4n) is 1.81. The van der Waals surface area contributed by atoms with Crippen LogP contribution >= 0.6 is 27.7 Å². The maximum atomic E-state index is 5.97. The van der Waals surface area contributed by atoms with Crippen molar-refractivity contribution in [3.05, 3.63) is 16.9 Å². The largest absolute Gasteiger partial charge is 0.396 e. The lowest BCUT2D eigenvalue weighted by Crippen LogP contribution is -2.41. The van der Waals surface area contributed by atoms with Crippen molar-refractivity contribution in [3.63, 3.8) is 0 Å². The zero-order valence-electron chi connectivity index (χ0n) is 8.61. The van der Waals surface area contributed by atoms with Crippen molar-refractivity contribution >= 4 is 39.1 Å². The van der Waals surface area contributed by atoms with Gasteiger partial charge in [-0.1, -0.05) is 0 Å². The van der Waals surface area contributed by atoms with E-state index in [1.165, 1.54) is 5.75 Å². The Bertz CT molecular complexity index is 338. The van der Waals surface area contributed by atoms with E-state index in [0.29, 0.717) is 6.04 Å². The molecular formula is C10H14BrN3S. The van der Waals surface area contributed by atoms with Crippen LogP contribution in [0.5, 0.6) is 0 Å². The van der Waals surface area contributed by atoms with E-state index < -0.39 is 0 Å². The van der Waals surface area contributed by atoms with Crippen molar-refractivity contribution in [3.8, 4) is 0 Å². The normalized spacial score (nSPS) is 21.7. The Kier molecular flexibility index (Phi) is 3.41. The van der Waals surface area contributed by atoms with Crippen molar-refractivity contribution in [2.24, 2.45) is 0 Å². The van der Waals surface area contributed by atoms with Gasteiger partial charge in [-0.3, -0.25) is 4.98 Å². The van der Waals surface area contributed by atoms with Gasteiger partial charge in [-0.25, -0.2) is 0 Å². The molecule has 1 saturated heterocycles. The first kappa shape index (κ1) is 11.1. The molecule has 0 radical (unpaired) electrons. The Morgan fingerprint density at radius 3 is 3.07 bits per heavy atom. The summed E-state index contributed by atoms with van der Waals surface area (Å²) in [4.78, 5) is 6.42. The number of hydrogen-bond donors (Lipinski definition) is 1. The molecule has 1 aromatic heterocycles. The third-order valence-corrected chi connectivity index (χ3v) is 4.33. The van der Waals surface area contributed by atoms with E-state index >= 15 is 0 Å². The summed E-state index contributed by atoms with van der Waals surface area (Å²) in [6.07, 6.45) is 3.52. The lowest BCUT2D eigenvalue weighted by molar-refractivity contribution is 0.699. The first-order valence-corrected chi connectivity index (χ1v) is 6.88. The lowest BCUT2D eigenvalue weighted by Gasteiger charge is -2.36. The Hall–Kier alpha value is -0.420. The minimum absolute atomic E-state index is 0.532. The third kappa shape index (κ3) is 2.23. The van der Waals surface area contributed by atoms with Gasteiger partial charge in [0.05, 0.1) is 22.0 Å². The second-order valence-electron chi connectivity index (χ2n) is 3.68. The van der Waals surface area contributed by atoms with Crippen LogP contribution in [0.15, 0.2) is 16.9 Å². The Balaban J connectivity index is 2.35. The van der Waals surface area contributed by atoms with E-state index in [0.717, 1.165) is 28.1 Å². The highest BCUT2D eigenvalue weighted by atomic mass is 79.9. The first-order chi connectivity index (χ1) is 7.20. The number of nitrogens with zero attached hydrogens (tertiary/aromatic N) is 2. The van der Waals surface area contributed by atoms with Crippen LogP contribution in [-0.2, 0) is 0 Å². The van der Waals surface area contributed by atoms with Gasteiger partial charge in [0.15, 0.2) is 0 Å². The van der Waals surface area contributed by atoms with Gasteiger partial charge in [0.1, 0.15) is 0 Å². The van der Waals surface area contributed by atoms with Gasteiger partial charge in [-0.15, -0.1) is 0 Å². The first-order valence-electron chi connectivity index (χ1n) is 4.93. The van der Waals surface area contributed by atoms with E-state index in [9.17, 15) is 0 Å². The van der Waals surface area contributed by atoms with Crippen LogP contribution in [0.4, 0.5) is 11.4 Å². The van der Waals surface area contributed by atoms with Crippen molar-refractivity contribution in [2.45, 2.75) is 13.0 Å². The smallest absolute Gasteiger partial charge is 0.0778 e. The number of hydrogen-bond acceptors (Lipinski definition) is 4. The molecule has 2 rings (SSSR count). The molecule has 5 heteroatoms. The summed E-state index contributed by atoms with van der Waals surface area (Å²) in [7, 11) is 0. The van der Waals surface area contributed by atoms with Crippen molar-refractivity contribution in [2.75, 3.05) is 28.7 Å². The van der Waals surface area contributed by atoms with E-state index in [-0.39, 0.29) is 0 Å². The van der Waals surface area contributed by atoms with Crippen LogP contribution in [0, 0.1) is 0 Å². The summed E-state index contributed by atoms with van der Waals surface area (Å²) >= 11 is 5.52. The summed E-state index contributed by atoms with van der Waals surface area (Å²) < 4.78 is 0.987. The quantitative estimate of drug-likeness (QED) is 0.861. The van der Waals surface area contributed by atoms with Gasteiger partial charge >= 0.3 is 0 Å². The Labute approximate surface area is 103 Å². The number of pyridine rings is 1. The molecule has 0 amide bonds. The SMILES string of the molecule is CC1CSCCN1c1c(N)cncc1Br. The zero-order chi connectivity index (χ0) is 10.8. The number of nitrogens with two attached hydrogens (primary N) is 1. The summed E-state index contributed by atoms with van der Waals surface area (Å²) in [5.74, 6) is 2.33. The van der Waals surface area contributed by atoms with Crippen LogP contribution in [0.2, 0.25) is 0 Å². The maximum Gasteiger partial charge on any atom is 0.0778 e. The van der Waals surface area contributed by atoms with Crippen LogP contribution in [0.3, 0.4) is 0 Å². The van der Waals surface area contributed by atoms with Crippen molar-refractivity contribution in [1.29, 1.82) is 0 Å². The van der Waals surface area contributed by atoms with E-state index in [1.807, 2.05) is 11.8 Å². The van der Waals surface area contributed by atoms with Crippen LogP contribution in [0.25, 0.3) is 0 Å². The predicted molar refractivity (Wildman–Crippen MR) is 70.5 cm³/mol. The summed E-state index contributed by atoms with van der Waals surface area (Å²) in [6.45, 7) is 3.29. The monoisotopic (exact) mass is 287 g/mol. The summed E-state index contributed by atoms with van der Waals surface area (Å²) in [5.41, 5.74) is 7.82. The molecule has 82 valence electrons. The highest BCUT2D eigenvalue weighted by Gasteiger charge is 2.22. The molecule has 2 N–H and O–H groups in total. The molecule has 0 bridgehead atoms. The minimum atomic E-state index is 0.532. The molecule has 1 aliphatic heterocycles. The Morgan fingerprint density at radius 2 is 2.40 bits per heavy atom. The number of aromatic nitrogens is 1. The summed E-state index contributed by atoms with van der Waals surface area (Å²) in [6, 6.07) is 0.532. The zero-order valence-corrected chi connectivity index (χ0v) is 11.0. The molecule has 1 unspecified atom stereocenters. The topological polar surface area (TPSA) is 42.1 Å². The summed E-state index contributed by atoms with van der Waals surface area (Å²) in [5, 5.41) is 0. The highest BCUT2D eigenvalue weighted by Crippen LogP contribution is 2.34.